The quantitative estimate of drug-likeness (QED) is 0.814. The maximum Gasteiger partial charge on any atom is 0.0224 e. The highest BCUT2D eigenvalue weighted by atomic mass is 15.3. The maximum atomic E-state index is 6.02. The molecule has 3 unspecified atom stereocenters. The number of nitrogens with two attached hydrogens (primary N) is 1. The van der Waals surface area contributed by atoms with Gasteiger partial charge in [0, 0.05) is 37.8 Å². The van der Waals surface area contributed by atoms with E-state index in [0.717, 1.165) is 12.6 Å². The van der Waals surface area contributed by atoms with Crippen LogP contribution in [0.3, 0.4) is 0 Å². The first kappa shape index (κ1) is 14.3. The van der Waals surface area contributed by atoms with Gasteiger partial charge in [-0.15, -0.1) is 0 Å². The minimum Gasteiger partial charge on any atom is -0.329 e. The summed E-state index contributed by atoms with van der Waals surface area (Å²) in [5.74, 6) is 0. The first-order chi connectivity index (χ1) is 8.76. The van der Waals surface area contributed by atoms with Crippen LogP contribution in [0.1, 0.15) is 52.4 Å². The Kier molecular flexibility index (Phi) is 5.46. The molecule has 0 aromatic heterocycles. The van der Waals surface area contributed by atoms with Crippen molar-refractivity contribution < 1.29 is 0 Å². The van der Waals surface area contributed by atoms with Gasteiger partial charge in [-0.3, -0.25) is 9.80 Å². The molecular weight excluding hydrogens is 222 g/mol. The molecule has 3 heteroatoms. The van der Waals surface area contributed by atoms with Crippen molar-refractivity contribution in [1.82, 2.24) is 9.80 Å². The summed E-state index contributed by atoms with van der Waals surface area (Å²) >= 11 is 0. The van der Waals surface area contributed by atoms with Gasteiger partial charge in [0.15, 0.2) is 0 Å². The van der Waals surface area contributed by atoms with Crippen molar-refractivity contribution in [2.24, 2.45) is 5.73 Å². The molecule has 2 aliphatic heterocycles. The molecule has 0 bridgehead atoms. The molecular formula is C15H31N3. The van der Waals surface area contributed by atoms with Crippen molar-refractivity contribution in [3.8, 4) is 0 Å². The lowest BCUT2D eigenvalue weighted by Crippen LogP contribution is -2.62. The fourth-order valence-corrected chi connectivity index (χ4v) is 3.74. The Balaban J connectivity index is 1.94. The van der Waals surface area contributed by atoms with Crippen LogP contribution in [0.4, 0.5) is 0 Å². The molecule has 2 aliphatic rings. The molecule has 0 amide bonds. The van der Waals surface area contributed by atoms with Gasteiger partial charge in [-0.25, -0.2) is 0 Å². The molecule has 0 aliphatic carbocycles. The zero-order chi connectivity index (χ0) is 13.0. The third-order valence-electron chi connectivity index (χ3n) is 4.87. The van der Waals surface area contributed by atoms with Crippen LogP contribution in [0.2, 0.25) is 0 Å². The predicted octanol–water partition coefficient (Wildman–Crippen LogP) is 2.06. The lowest BCUT2D eigenvalue weighted by atomic mass is 9.95. The first-order valence-electron chi connectivity index (χ1n) is 7.96. The molecule has 2 N–H and O–H groups in total. The van der Waals surface area contributed by atoms with Crippen LogP contribution >= 0.6 is 0 Å². The van der Waals surface area contributed by atoms with E-state index >= 15 is 0 Å². The van der Waals surface area contributed by atoms with Crippen molar-refractivity contribution in [1.29, 1.82) is 0 Å². The molecule has 0 saturated carbocycles. The lowest BCUT2D eigenvalue weighted by molar-refractivity contribution is -0.00810. The van der Waals surface area contributed by atoms with Gasteiger partial charge in [0.1, 0.15) is 0 Å². The predicted molar refractivity (Wildman–Crippen MR) is 77.7 cm³/mol. The van der Waals surface area contributed by atoms with E-state index in [0.29, 0.717) is 12.1 Å². The van der Waals surface area contributed by atoms with Gasteiger partial charge in [0.05, 0.1) is 0 Å². The van der Waals surface area contributed by atoms with Crippen LogP contribution in [-0.2, 0) is 0 Å². The second kappa shape index (κ2) is 6.88. The van der Waals surface area contributed by atoms with Crippen LogP contribution < -0.4 is 5.73 Å². The second-order valence-electron chi connectivity index (χ2n) is 6.22. The van der Waals surface area contributed by atoms with Gasteiger partial charge in [0.2, 0.25) is 0 Å². The van der Waals surface area contributed by atoms with Crippen molar-refractivity contribution in [2.45, 2.75) is 70.5 Å². The molecule has 106 valence electrons. The largest absolute Gasteiger partial charge is 0.329 e. The minimum absolute atomic E-state index is 0.615. The van der Waals surface area contributed by atoms with Crippen LogP contribution in [0.25, 0.3) is 0 Å². The SMILES string of the molecule is CCCCC(CN)N1CC2CCCCN2CC1C. The van der Waals surface area contributed by atoms with Gasteiger partial charge in [-0.2, -0.15) is 0 Å². The zero-order valence-electron chi connectivity index (χ0n) is 12.3. The summed E-state index contributed by atoms with van der Waals surface area (Å²) < 4.78 is 0. The second-order valence-corrected chi connectivity index (χ2v) is 6.22. The number of piperidine rings is 1. The highest BCUT2D eigenvalue weighted by Crippen LogP contribution is 2.26. The molecule has 3 nitrogen and oxygen atoms in total. The molecule has 18 heavy (non-hydrogen) atoms. The topological polar surface area (TPSA) is 32.5 Å². The number of hydrogen-bond acceptors (Lipinski definition) is 3. The van der Waals surface area contributed by atoms with Crippen molar-refractivity contribution in [3.05, 3.63) is 0 Å². The first-order valence-corrected chi connectivity index (χ1v) is 7.96. The Morgan fingerprint density at radius 2 is 2.11 bits per heavy atom. The molecule has 0 aromatic rings. The van der Waals surface area contributed by atoms with Crippen LogP contribution in [-0.4, -0.2) is 54.1 Å². The molecule has 2 heterocycles. The zero-order valence-corrected chi connectivity index (χ0v) is 12.3. The number of unbranched alkanes of at least 4 members (excludes halogenated alkanes) is 1. The van der Waals surface area contributed by atoms with Crippen molar-refractivity contribution in [2.75, 3.05) is 26.2 Å². The summed E-state index contributed by atoms with van der Waals surface area (Å²) in [5, 5.41) is 0. The van der Waals surface area contributed by atoms with Crippen molar-refractivity contribution in [3.63, 3.8) is 0 Å². The molecule has 2 rings (SSSR count). The van der Waals surface area contributed by atoms with E-state index in [1.165, 1.54) is 58.2 Å². The smallest absolute Gasteiger partial charge is 0.0224 e. The van der Waals surface area contributed by atoms with E-state index in [4.69, 9.17) is 5.73 Å². The Morgan fingerprint density at radius 1 is 1.28 bits per heavy atom. The van der Waals surface area contributed by atoms with E-state index in [9.17, 15) is 0 Å². The summed E-state index contributed by atoms with van der Waals surface area (Å²) in [6.07, 6.45) is 8.11. The Bertz CT molecular complexity index is 244. The van der Waals surface area contributed by atoms with Gasteiger partial charge in [0.25, 0.3) is 0 Å². The van der Waals surface area contributed by atoms with Gasteiger partial charge in [-0.05, 0) is 32.7 Å². The molecule has 2 saturated heterocycles. The van der Waals surface area contributed by atoms with Crippen LogP contribution in [0.5, 0.6) is 0 Å². The van der Waals surface area contributed by atoms with E-state index in [1.54, 1.807) is 0 Å². The number of hydrogen-bond donors (Lipinski definition) is 1. The summed E-state index contributed by atoms with van der Waals surface area (Å²) in [6, 6.07) is 2.11. The molecule has 0 radical (unpaired) electrons. The third kappa shape index (κ3) is 3.25. The number of piperazine rings is 1. The fourth-order valence-electron chi connectivity index (χ4n) is 3.74. The summed E-state index contributed by atoms with van der Waals surface area (Å²) in [6.45, 7) is 9.33. The van der Waals surface area contributed by atoms with Gasteiger partial charge < -0.3 is 5.73 Å². The van der Waals surface area contributed by atoms with E-state index in [2.05, 4.69) is 23.6 Å². The van der Waals surface area contributed by atoms with E-state index < -0.39 is 0 Å². The van der Waals surface area contributed by atoms with Gasteiger partial charge in [-0.1, -0.05) is 26.2 Å². The summed E-state index contributed by atoms with van der Waals surface area (Å²) in [7, 11) is 0. The average Bonchev–Trinajstić information content (AvgIpc) is 2.40. The Hall–Kier alpha value is -0.120. The number of rotatable bonds is 5. The fraction of sp³-hybridized carbons (Fsp3) is 1.00. The Labute approximate surface area is 113 Å². The molecule has 3 atom stereocenters. The molecule has 2 fully saturated rings. The minimum atomic E-state index is 0.615. The van der Waals surface area contributed by atoms with E-state index in [-0.39, 0.29) is 0 Å². The van der Waals surface area contributed by atoms with Crippen LogP contribution in [0, 0.1) is 0 Å². The average molecular weight is 253 g/mol. The standard InChI is InChI=1S/C15H31N3/c1-3-4-7-14(10-16)18-12-15-8-5-6-9-17(15)11-13(18)2/h13-15H,3-12,16H2,1-2H3. The third-order valence-corrected chi connectivity index (χ3v) is 4.87. The maximum absolute atomic E-state index is 6.02. The van der Waals surface area contributed by atoms with Crippen molar-refractivity contribution >= 4 is 0 Å². The summed E-state index contributed by atoms with van der Waals surface area (Å²) in [5.41, 5.74) is 6.02. The highest BCUT2D eigenvalue weighted by molar-refractivity contribution is 4.92. The number of fused-ring (bicyclic) bond motifs is 1. The highest BCUT2D eigenvalue weighted by Gasteiger charge is 2.35. The monoisotopic (exact) mass is 253 g/mol. The normalized spacial score (nSPS) is 32.2. The van der Waals surface area contributed by atoms with E-state index in [1.807, 2.05) is 0 Å². The molecule has 0 spiro atoms. The lowest BCUT2D eigenvalue weighted by Gasteiger charge is -2.50. The Morgan fingerprint density at radius 3 is 2.83 bits per heavy atom. The molecule has 0 aromatic carbocycles. The number of nitrogens with zero attached hydrogens (tertiary/aromatic N) is 2. The summed E-state index contributed by atoms with van der Waals surface area (Å²) in [4.78, 5) is 5.43. The van der Waals surface area contributed by atoms with Crippen LogP contribution in [0.15, 0.2) is 0 Å². The van der Waals surface area contributed by atoms with Gasteiger partial charge >= 0.3 is 0 Å².